The van der Waals surface area contributed by atoms with Gasteiger partial charge in [0.2, 0.25) is 5.91 Å². The van der Waals surface area contributed by atoms with Gasteiger partial charge in [0.15, 0.2) is 15.7 Å². The van der Waals surface area contributed by atoms with Crippen LogP contribution in [0.1, 0.15) is 18.9 Å². The van der Waals surface area contributed by atoms with Crippen LogP contribution in [0.5, 0.6) is 5.75 Å². The van der Waals surface area contributed by atoms with E-state index in [4.69, 9.17) is 17.0 Å². The second kappa shape index (κ2) is 9.88. The van der Waals surface area contributed by atoms with E-state index in [0.29, 0.717) is 28.9 Å². The third-order valence-electron chi connectivity index (χ3n) is 4.84. The van der Waals surface area contributed by atoms with E-state index in [1.165, 1.54) is 16.9 Å². The maximum atomic E-state index is 12.6. The number of hydrogen-bond acceptors (Lipinski definition) is 6. The van der Waals surface area contributed by atoms with E-state index in [-0.39, 0.29) is 12.3 Å². The van der Waals surface area contributed by atoms with Gasteiger partial charge in [-0.3, -0.25) is 14.5 Å². The number of carbonyl (C=O) groups is 1. The Morgan fingerprint density at radius 2 is 2.00 bits per heavy atom. The number of aryl methyl sites for hydroxylation is 1. The van der Waals surface area contributed by atoms with Gasteiger partial charge in [0.1, 0.15) is 5.75 Å². The second-order valence-electron chi connectivity index (χ2n) is 7.14. The highest BCUT2D eigenvalue weighted by Crippen LogP contribution is 2.32. The standard InChI is InChI=1S/C23H23N5O2S2/c1-3-30-19-7-5-4-6-17(19)18-14-32-22(24-18)25-20(29)12-13-28-21(26-27-23(28)31)16-10-8-15(2)9-11-16/h4-11,14H,3,12-13H2,1-2H3,(H,27,31)(H,24,25,29). The lowest BCUT2D eigenvalue weighted by atomic mass is 10.1. The first-order chi connectivity index (χ1) is 15.5. The first-order valence-electron chi connectivity index (χ1n) is 10.2. The van der Waals surface area contributed by atoms with Crippen molar-refractivity contribution in [3.63, 3.8) is 0 Å². The van der Waals surface area contributed by atoms with Crippen molar-refractivity contribution < 1.29 is 9.53 Å². The van der Waals surface area contributed by atoms with Crippen molar-refractivity contribution in [2.24, 2.45) is 0 Å². The molecule has 1 amide bonds. The number of carbonyl (C=O) groups excluding carboxylic acids is 1. The van der Waals surface area contributed by atoms with Crippen molar-refractivity contribution in [1.82, 2.24) is 19.7 Å². The molecule has 0 aliphatic carbocycles. The second-order valence-corrected chi connectivity index (χ2v) is 8.38. The quantitative estimate of drug-likeness (QED) is 0.337. The summed E-state index contributed by atoms with van der Waals surface area (Å²) in [7, 11) is 0. The van der Waals surface area contributed by atoms with E-state index >= 15 is 0 Å². The molecule has 2 N–H and O–H groups in total. The van der Waals surface area contributed by atoms with Gasteiger partial charge in [-0.25, -0.2) is 4.98 Å². The van der Waals surface area contributed by atoms with Crippen LogP contribution in [0, 0.1) is 11.7 Å². The molecular formula is C23H23N5O2S2. The molecular weight excluding hydrogens is 442 g/mol. The minimum atomic E-state index is -0.137. The molecule has 164 valence electrons. The summed E-state index contributed by atoms with van der Waals surface area (Å²) in [6.07, 6.45) is 0.247. The predicted octanol–water partition coefficient (Wildman–Crippen LogP) is 5.47. The molecule has 0 saturated heterocycles. The first kappa shape index (κ1) is 21.9. The van der Waals surface area contributed by atoms with Gasteiger partial charge in [-0.2, -0.15) is 5.10 Å². The number of aromatic nitrogens is 4. The van der Waals surface area contributed by atoms with Gasteiger partial charge in [0.05, 0.1) is 12.3 Å². The Bertz CT molecular complexity index is 1270. The zero-order valence-corrected chi connectivity index (χ0v) is 19.4. The minimum Gasteiger partial charge on any atom is -0.493 e. The minimum absolute atomic E-state index is 0.137. The number of rotatable bonds is 8. The third-order valence-corrected chi connectivity index (χ3v) is 5.91. The first-order valence-corrected chi connectivity index (χ1v) is 11.5. The number of nitrogens with one attached hydrogen (secondary N) is 2. The van der Waals surface area contributed by atoms with Crippen LogP contribution in [0.25, 0.3) is 22.6 Å². The molecule has 0 spiro atoms. The zero-order valence-electron chi connectivity index (χ0n) is 17.8. The smallest absolute Gasteiger partial charge is 0.227 e. The fourth-order valence-corrected chi connectivity index (χ4v) is 4.21. The van der Waals surface area contributed by atoms with Crippen LogP contribution in [0.4, 0.5) is 5.13 Å². The Labute approximate surface area is 195 Å². The average Bonchev–Trinajstić information content (AvgIpc) is 3.40. The van der Waals surface area contributed by atoms with Crippen LogP contribution in [0.15, 0.2) is 53.9 Å². The number of nitrogens with zero attached hydrogens (tertiary/aromatic N) is 3. The molecule has 0 radical (unpaired) electrons. The summed E-state index contributed by atoms with van der Waals surface area (Å²) in [6.45, 7) is 4.96. The van der Waals surface area contributed by atoms with E-state index < -0.39 is 0 Å². The highest BCUT2D eigenvalue weighted by Gasteiger charge is 2.14. The Hall–Kier alpha value is -3.30. The number of ether oxygens (including phenoxy) is 1. The van der Waals surface area contributed by atoms with Crippen molar-refractivity contribution in [1.29, 1.82) is 0 Å². The number of para-hydroxylation sites is 1. The number of amides is 1. The molecule has 7 nitrogen and oxygen atoms in total. The fourth-order valence-electron chi connectivity index (χ4n) is 3.26. The van der Waals surface area contributed by atoms with Gasteiger partial charge < -0.3 is 10.1 Å². The van der Waals surface area contributed by atoms with Crippen molar-refractivity contribution in [3.8, 4) is 28.4 Å². The lowest BCUT2D eigenvalue weighted by molar-refractivity contribution is -0.116. The number of hydrogen-bond donors (Lipinski definition) is 2. The number of aromatic amines is 1. The highest BCUT2D eigenvalue weighted by molar-refractivity contribution is 7.71. The molecule has 0 atom stereocenters. The van der Waals surface area contributed by atoms with E-state index in [9.17, 15) is 4.79 Å². The predicted molar refractivity (Wildman–Crippen MR) is 130 cm³/mol. The normalized spacial score (nSPS) is 10.8. The molecule has 0 aliphatic heterocycles. The van der Waals surface area contributed by atoms with Crippen LogP contribution in [-0.4, -0.2) is 32.3 Å². The summed E-state index contributed by atoms with van der Waals surface area (Å²) < 4.78 is 8.01. The Morgan fingerprint density at radius 3 is 2.78 bits per heavy atom. The van der Waals surface area contributed by atoms with Gasteiger partial charge in [-0.15, -0.1) is 11.3 Å². The van der Waals surface area contributed by atoms with Crippen molar-refractivity contribution in [3.05, 3.63) is 64.2 Å². The van der Waals surface area contributed by atoms with E-state index in [2.05, 4.69) is 20.5 Å². The number of anilines is 1. The van der Waals surface area contributed by atoms with Crippen LogP contribution < -0.4 is 10.1 Å². The molecule has 4 aromatic rings. The van der Waals surface area contributed by atoms with E-state index in [1.807, 2.05) is 72.3 Å². The largest absolute Gasteiger partial charge is 0.493 e. The molecule has 32 heavy (non-hydrogen) atoms. The van der Waals surface area contributed by atoms with E-state index in [0.717, 1.165) is 22.6 Å². The highest BCUT2D eigenvalue weighted by atomic mass is 32.1. The Kier molecular flexibility index (Phi) is 6.77. The summed E-state index contributed by atoms with van der Waals surface area (Å²) in [5.41, 5.74) is 3.79. The molecule has 0 unspecified atom stereocenters. The molecule has 2 aromatic carbocycles. The van der Waals surface area contributed by atoms with Crippen LogP contribution in [-0.2, 0) is 11.3 Å². The maximum Gasteiger partial charge on any atom is 0.227 e. The average molecular weight is 466 g/mol. The van der Waals surface area contributed by atoms with Crippen molar-refractivity contribution in [2.45, 2.75) is 26.8 Å². The molecule has 2 aromatic heterocycles. The molecule has 0 bridgehead atoms. The summed E-state index contributed by atoms with van der Waals surface area (Å²) in [6, 6.07) is 15.8. The molecule has 0 fully saturated rings. The molecule has 4 rings (SSSR count). The molecule has 0 saturated carbocycles. The SMILES string of the molecule is CCOc1ccccc1-c1csc(NC(=O)CCn2c(-c3ccc(C)cc3)n[nH]c2=S)n1. The van der Waals surface area contributed by atoms with Crippen LogP contribution in [0.2, 0.25) is 0 Å². The molecule has 2 heterocycles. The van der Waals surface area contributed by atoms with Gasteiger partial charge in [0.25, 0.3) is 0 Å². The van der Waals surface area contributed by atoms with Crippen LogP contribution >= 0.6 is 23.6 Å². The Balaban J connectivity index is 1.43. The maximum absolute atomic E-state index is 12.6. The monoisotopic (exact) mass is 465 g/mol. The Morgan fingerprint density at radius 1 is 1.22 bits per heavy atom. The lowest BCUT2D eigenvalue weighted by Gasteiger charge is -2.08. The van der Waals surface area contributed by atoms with E-state index in [1.54, 1.807) is 0 Å². The number of benzene rings is 2. The lowest BCUT2D eigenvalue weighted by Crippen LogP contribution is -2.15. The summed E-state index contributed by atoms with van der Waals surface area (Å²) in [5, 5.41) is 12.5. The molecule has 0 aliphatic rings. The van der Waals surface area contributed by atoms with Crippen molar-refractivity contribution >= 4 is 34.6 Å². The van der Waals surface area contributed by atoms with Gasteiger partial charge in [0, 0.05) is 29.5 Å². The van der Waals surface area contributed by atoms with Gasteiger partial charge in [-0.1, -0.05) is 42.0 Å². The van der Waals surface area contributed by atoms with Crippen molar-refractivity contribution in [2.75, 3.05) is 11.9 Å². The third kappa shape index (κ3) is 4.95. The fraction of sp³-hybridized carbons (Fsp3) is 0.217. The van der Waals surface area contributed by atoms with Gasteiger partial charge >= 0.3 is 0 Å². The summed E-state index contributed by atoms with van der Waals surface area (Å²) in [5.74, 6) is 1.35. The van der Waals surface area contributed by atoms with Crippen LogP contribution in [0.3, 0.4) is 0 Å². The summed E-state index contributed by atoms with van der Waals surface area (Å²) in [4.78, 5) is 17.1. The number of H-pyrrole nitrogens is 1. The van der Waals surface area contributed by atoms with Gasteiger partial charge in [-0.05, 0) is 38.2 Å². The number of thiazole rings is 1. The topological polar surface area (TPSA) is 84.8 Å². The summed E-state index contributed by atoms with van der Waals surface area (Å²) >= 11 is 6.75. The zero-order chi connectivity index (χ0) is 22.5. The molecule has 9 heteroatoms.